The molecule has 1 aromatic carbocycles. The Hall–Kier alpha value is -1.10. The van der Waals surface area contributed by atoms with Crippen LogP contribution < -0.4 is 5.73 Å². The standard InChI is InChI=1S/C18H27ClN2O2/c1-16(2)12-21(15(22)11-17(3,4)20)10-9-18(16,23)13-5-7-14(19)8-6-13/h5-8,23H,9-12,20H2,1-4H3. The quantitative estimate of drug-likeness (QED) is 0.890. The molecule has 1 amide bonds. The molecular formula is C18H27ClN2O2. The molecule has 128 valence electrons. The monoisotopic (exact) mass is 338 g/mol. The lowest BCUT2D eigenvalue weighted by atomic mass is 9.66. The maximum atomic E-state index is 12.4. The molecule has 3 N–H and O–H groups in total. The topological polar surface area (TPSA) is 66.6 Å². The molecule has 1 fully saturated rings. The van der Waals surface area contributed by atoms with Crippen LogP contribution in [0, 0.1) is 5.41 Å². The lowest BCUT2D eigenvalue weighted by molar-refractivity contribution is -0.153. The van der Waals surface area contributed by atoms with Gasteiger partial charge in [0.25, 0.3) is 0 Å². The maximum Gasteiger partial charge on any atom is 0.224 e. The predicted molar refractivity (Wildman–Crippen MR) is 93.2 cm³/mol. The van der Waals surface area contributed by atoms with Crippen LogP contribution in [-0.4, -0.2) is 34.5 Å². The number of nitrogens with two attached hydrogens (primary N) is 1. The summed E-state index contributed by atoms with van der Waals surface area (Å²) in [6, 6.07) is 7.31. The molecule has 1 aliphatic rings. The number of amides is 1. The van der Waals surface area contributed by atoms with Crippen molar-refractivity contribution >= 4 is 17.5 Å². The minimum absolute atomic E-state index is 0.0451. The molecule has 23 heavy (non-hydrogen) atoms. The summed E-state index contributed by atoms with van der Waals surface area (Å²) in [7, 11) is 0. The van der Waals surface area contributed by atoms with Gasteiger partial charge >= 0.3 is 0 Å². The number of hydrogen-bond acceptors (Lipinski definition) is 3. The zero-order valence-corrected chi connectivity index (χ0v) is 15.2. The van der Waals surface area contributed by atoms with Gasteiger partial charge in [0.2, 0.25) is 5.91 Å². The van der Waals surface area contributed by atoms with Crippen LogP contribution in [0.4, 0.5) is 0 Å². The number of benzene rings is 1. The van der Waals surface area contributed by atoms with Gasteiger partial charge in [0.15, 0.2) is 0 Å². The summed E-state index contributed by atoms with van der Waals surface area (Å²) in [6.07, 6.45) is 0.806. The summed E-state index contributed by atoms with van der Waals surface area (Å²) in [5, 5.41) is 11.9. The lowest BCUT2D eigenvalue weighted by Crippen LogP contribution is -2.57. The van der Waals surface area contributed by atoms with Crippen LogP contribution in [-0.2, 0) is 10.4 Å². The van der Waals surface area contributed by atoms with Crippen LogP contribution in [0.2, 0.25) is 5.02 Å². The van der Waals surface area contributed by atoms with Gasteiger partial charge in [-0.1, -0.05) is 37.6 Å². The Labute approximate surface area is 143 Å². The third-order valence-electron chi connectivity index (χ3n) is 4.73. The van der Waals surface area contributed by atoms with Crippen molar-refractivity contribution in [2.24, 2.45) is 11.1 Å². The molecular weight excluding hydrogens is 312 g/mol. The molecule has 5 heteroatoms. The average molecular weight is 339 g/mol. The Morgan fingerprint density at radius 3 is 2.39 bits per heavy atom. The van der Waals surface area contributed by atoms with Crippen LogP contribution in [0.3, 0.4) is 0 Å². The summed E-state index contributed by atoms with van der Waals surface area (Å²) in [5.41, 5.74) is 4.84. The van der Waals surface area contributed by atoms with Crippen molar-refractivity contribution in [1.29, 1.82) is 0 Å². The second kappa shape index (κ2) is 6.08. The van der Waals surface area contributed by atoms with E-state index in [1.807, 2.05) is 44.7 Å². The number of aliphatic hydroxyl groups is 1. The van der Waals surface area contributed by atoms with Gasteiger partial charge in [-0.3, -0.25) is 4.79 Å². The minimum atomic E-state index is -0.980. The van der Waals surface area contributed by atoms with E-state index in [9.17, 15) is 9.90 Å². The first-order chi connectivity index (χ1) is 10.4. The normalized spacial score (nSPS) is 24.6. The first-order valence-corrected chi connectivity index (χ1v) is 8.37. The van der Waals surface area contributed by atoms with Crippen LogP contribution in [0.15, 0.2) is 24.3 Å². The van der Waals surface area contributed by atoms with E-state index < -0.39 is 16.6 Å². The van der Waals surface area contributed by atoms with Crippen molar-refractivity contribution in [3.8, 4) is 0 Å². The zero-order chi connectivity index (χ0) is 17.5. The molecule has 1 aromatic rings. The molecule has 1 heterocycles. The number of rotatable bonds is 3. The molecule has 1 unspecified atom stereocenters. The molecule has 0 radical (unpaired) electrons. The van der Waals surface area contributed by atoms with Crippen molar-refractivity contribution in [1.82, 2.24) is 4.90 Å². The van der Waals surface area contributed by atoms with Gasteiger partial charge in [0.1, 0.15) is 0 Å². The van der Waals surface area contributed by atoms with Crippen molar-refractivity contribution in [3.05, 3.63) is 34.9 Å². The molecule has 4 nitrogen and oxygen atoms in total. The number of piperidine rings is 1. The van der Waals surface area contributed by atoms with Crippen molar-refractivity contribution < 1.29 is 9.90 Å². The van der Waals surface area contributed by atoms with Crippen molar-refractivity contribution in [2.75, 3.05) is 13.1 Å². The summed E-state index contributed by atoms with van der Waals surface area (Å²) >= 11 is 5.95. The molecule has 0 saturated carbocycles. The van der Waals surface area contributed by atoms with Crippen LogP contribution in [0.1, 0.15) is 46.1 Å². The second-order valence-electron chi connectivity index (χ2n) is 7.98. The van der Waals surface area contributed by atoms with Gasteiger partial charge in [0, 0.05) is 35.5 Å². The Morgan fingerprint density at radius 1 is 1.35 bits per heavy atom. The van der Waals surface area contributed by atoms with Crippen LogP contribution in [0.5, 0.6) is 0 Å². The number of hydrogen-bond donors (Lipinski definition) is 2. The van der Waals surface area contributed by atoms with Gasteiger partial charge in [-0.2, -0.15) is 0 Å². The highest BCUT2D eigenvalue weighted by molar-refractivity contribution is 6.30. The Balaban J connectivity index is 2.20. The molecule has 1 saturated heterocycles. The summed E-state index contributed by atoms with van der Waals surface area (Å²) in [6.45, 7) is 8.72. The highest BCUT2D eigenvalue weighted by atomic mass is 35.5. The first kappa shape index (κ1) is 18.2. The third kappa shape index (κ3) is 3.87. The fraction of sp³-hybridized carbons (Fsp3) is 0.611. The van der Waals surface area contributed by atoms with E-state index >= 15 is 0 Å². The third-order valence-corrected chi connectivity index (χ3v) is 4.98. The van der Waals surface area contributed by atoms with Gasteiger partial charge in [-0.25, -0.2) is 0 Å². The van der Waals surface area contributed by atoms with Crippen molar-refractivity contribution in [3.63, 3.8) is 0 Å². The highest BCUT2D eigenvalue weighted by Gasteiger charge is 2.49. The smallest absolute Gasteiger partial charge is 0.224 e. The Bertz CT molecular complexity index is 578. The van der Waals surface area contributed by atoms with Crippen molar-refractivity contribution in [2.45, 2.75) is 51.7 Å². The van der Waals surface area contributed by atoms with E-state index in [0.717, 1.165) is 5.56 Å². The largest absolute Gasteiger partial charge is 0.384 e. The lowest BCUT2D eigenvalue weighted by Gasteiger charge is -2.51. The molecule has 0 aromatic heterocycles. The first-order valence-electron chi connectivity index (χ1n) is 8.00. The second-order valence-corrected chi connectivity index (χ2v) is 8.42. The van der Waals surface area contributed by atoms with Crippen LogP contribution in [0.25, 0.3) is 0 Å². The van der Waals surface area contributed by atoms with Gasteiger partial charge in [-0.15, -0.1) is 0 Å². The van der Waals surface area contributed by atoms with Gasteiger partial charge in [0.05, 0.1) is 5.60 Å². The number of halogens is 1. The zero-order valence-electron chi connectivity index (χ0n) is 14.4. The van der Waals surface area contributed by atoms with E-state index in [-0.39, 0.29) is 5.91 Å². The molecule has 1 aliphatic heterocycles. The highest BCUT2D eigenvalue weighted by Crippen LogP contribution is 2.46. The molecule has 0 bridgehead atoms. The number of nitrogens with zero attached hydrogens (tertiary/aromatic N) is 1. The van der Waals surface area contributed by atoms with Gasteiger partial charge in [-0.05, 0) is 38.0 Å². The fourth-order valence-electron chi connectivity index (χ4n) is 3.30. The van der Waals surface area contributed by atoms with Crippen LogP contribution >= 0.6 is 11.6 Å². The molecule has 0 spiro atoms. The summed E-state index contributed by atoms with van der Waals surface area (Å²) in [5.74, 6) is 0.0451. The minimum Gasteiger partial charge on any atom is -0.384 e. The van der Waals surface area contributed by atoms with E-state index in [2.05, 4.69) is 0 Å². The SMILES string of the molecule is CC(C)(N)CC(=O)N1CCC(O)(c2ccc(Cl)cc2)C(C)(C)C1. The summed E-state index contributed by atoms with van der Waals surface area (Å²) in [4.78, 5) is 14.3. The molecule has 0 aliphatic carbocycles. The van der Waals surface area contributed by atoms with E-state index in [0.29, 0.717) is 31.0 Å². The summed E-state index contributed by atoms with van der Waals surface area (Å²) < 4.78 is 0. The molecule has 1 atom stereocenters. The number of likely N-dealkylation sites (tertiary alicyclic amines) is 1. The number of carbonyl (C=O) groups excluding carboxylic acids is 1. The van der Waals surface area contributed by atoms with E-state index in [4.69, 9.17) is 17.3 Å². The number of carbonyl (C=O) groups is 1. The molecule has 2 rings (SSSR count). The maximum absolute atomic E-state index is 12.4. The fourth-order valence-corrected chi connectivity index (χ4v) is 3.42. The van der Waals surface area contributed by atoms with Gasteiger partial charge < -0.3 is 15.7 Å². The predicted octanol–water partition coefficient (Wildman–Crippen LogP) is 2.91. The Kier molecular flexibility index (Phi) is 4.82. The van der Waals surface area contributed by atoms with E-state index in [1.165, 1.54) is 0 Å². The average Bonchev–Trinajstić information content (AvgIpc) is 2.40. The van der Waals surface area contributed by atoms with E-state index in [1.54, 1.807) is 12.1 Å². The Morgan fingerprint density at radius 2 is 1.91 bits per heavy atom.